The van der Waals surface area contributed by atoms with Crippen molar-refractivity contribution in [1.82, 2.24) is 24.7 Å². The molecule has 28 heavy (non-hydrogen) atoms. The SMILES string of the molecule is CN(Cc1nccn1C)C(=O)[C@@H]1C[C@H](NC(=O)c2ccc(C#N)cc2)CN1C. The van der Waals surface area contributed by atoms with Gasteiger partial charge in [0.05, 0.1) is 24.2 Å². The molecule has 8 nitrogen and oxygen atoms in total. The highest BCUT2D eigenvalue weighted by Crippen LogP contribution is 2.19. The smallest absolute Gasteiger partial charge is 0.251 e. The molecule has 2 amide bonds. The number of carbonyl (C=O) groups is 2. The first-order valence-corrected chi connectivity index (χ1v) is 9.11. The zero-order chi connectivity index (χ0) is 20.3. The lowest BCUT2D eigenvalue weighted by Gasteiger charge is -2.24. The van der Waals surface area contributed by atoms with Crippen molar-refractivity contribution in [1.29, 1.82) is 5.26 Å². The summed E-state index contributed by atoms with van der Waals surface area (Å²) >= 11 is 0. The number of nitriles is 1. The van der Waals surface area contributed by atoms with E-state index in [1.54, 1.807) is 42.4 Å². The molecule has 2 heterocycles. The monoisotopic (exact) mass is 380 g/mol. The van der Waals surface area contributed by atoms with Gasteiger partial charge in [-0.05, 0) is 37.7 Å². The van der Waals surface area contributed by atoms with E-state index >= 15 is 0 Å². The summed E-state index contributed by atoms with van der Waals surface area (Å²) < 4.78 is 1.89. The maximum Gasteiger partial charge on any atom is 0.251 e. The number of aromatic nitrogens is 2. The van der Waals surface area contributed by atoms with Gasteiger partial charge in [0, 0.05) is 44.6 Å². The van der Waals surface area contributed by atoms with Crippen LogP contribution in [0.5, 0.6) is 0 Å². The van der Waals surface area contributed by atoms with Crippen LogP contribution in [0, 0.1) is 11.3 Å². The van der Waals surface area contributed by atoms with E-state index in [9.17, 15) is 9.59 Å². The summed E-state index contributed by atoms with van der Waals surface area (Å²) in [7, 11) is 5.57. The van der Waals surface area contributed by atoms with Gasteiger partial charge in [0.15, 0.2) is 0 Å². The Kier molecular flexibility index (Phi) is 5.76. The molecule has 0 aliphatic carbocycles. The summed E-state index contributed by atoms with van der Waals surface area (Å²) in [5.41, 5.74) is 1.02. The van der Waals surface area contributed by atoms with Crippen molar-refractivity contribution >= 4 is 11.8 Å². The van der Waals surface area contributed by atoms with Crippen molar-refractivity contribution in [2.45, 2.75) is 25.0 Å². The molecule has 2 aromatic rings. The minimum absolute atomic E-state index is 0.0145. The molecule has 8 heteroatoms. The molecule has 1 aromatic carbocycles. The number of imidazole rings is 1. The first-order valence-electron chi connectivity index (χ1n) is 9.11. The highest BCUT2D eigenvalue weighted by atomic mass is 16.2. The molecule has 0 radical (unpaired) electrons. The number of amides is 2. The highest BCUT2D eigenvalue weighted by molar-refractivity contribution is 5.94. The molecule has 1 N–H and O–H groups in total. The Morgan fingerprint density at radius 2 is 2.04 bits per heavy atom. The lowest BCUT2D eigenvalue weighted by Crippen LogP contribution is -2.42. The van der Waals surface area contributed by atoms with Crippen molar-refractivity contribution in [2.75, 3.05) is 20.6 Å². The number of hydrogen-bond donors (Lipinski definition) is 1. The molecular weight excluding hydrogens is 356 g/mol. The predicted molar refractivity (Wildman–Crippen MR) is 103 cm³/mol. The summed E-state index contributed by atoms with van der Waals surface area (Å²) in [6, 6.07) is 8.15. The molecule has 0 saturated carbocycles. The van der Waals surface area contributed by atoms with E-state index < -0.39 is 0 Å². The number of nitrogens with zero attached hydrogens (tertiary/aromatic N) is 5. The standard InChI is InChI=1S/C20H24N6O2/c1-24-9-8-22-18(24)13-26(3)20(28)17-10-16(12-25(17)2)23-19(27)15-6-4-14(11-21)5-7-15/h4-9,16-17H,10,12-13H2,1-3H3,(H,23,27)/t16-,17-/m0/s1. The van der Waals surface area contributed by atoms with E-state index in [-0.39, 0.29) is 23.9 Å². The number of benzene rings is 1. The third kappa shape index (κ3) is 4.21. The van der Waals surface area contributed by atoms with Crippen LogP contribution in [0.1, 0.15) is 28.2 Å². The topological polar surface area (TPSA) is 94.3 Å². The first kappa shape index (κ1) is 19.6. The minimum Gasteiger partial charge on any atom is -0.348 e. The Hall–Kier alpha value is -3.18. The quantitative estimate of drug-likeness (QED) is 0.826. The molecule has 1 fully saturated rings. The van der Waals surface area contributed by atoms with E-state index in [0.29, 0.717) is 30.6 Å². The average Bonchev–Trinajstić information content (AvgIpc) is 3.26. The van der Waals surface area contributed by atoms with E-state index in [2.05, 4.69) is 10.3 Å². The number of carbonyl (C=O) groups excluding carboxylic acids is 2. The summed E-state index contributed by atoms with van der Waals surface area (Å²) in [4.78, 5) is 33.2. The number of hydrogen-bond acceptors (Lipinski definition) is 5. The number of nitrogens with one attached hydrogen (secondary N) is 1. The second kappa shape index (κ2) is 8.23. The van der Waals surface area contributed by atoms with Gasteiger partial charge in [-0.1, -0.05) is 0 Å². The number of rotatable bonds is 5. The molecule has 0 bridgehead atoms. The first-order chi connectivity index (χ1) is 13.4. The third-order valence-electron chi connectivity index (χ3n) is 5.12. The van der Waals surface area contributed by atoms with Gasteiger partial charge in [-0.15, -0.1) is 0 Å². The van der Waals surface area contributed by atoms with Gasteiger partial charge >= 0.3 is 0 Å². The molecular formula is C20H24N6O2. The van der Waals surface area contributed by atoms with E-state index in [1.807, 2.05) is 35.8 Å². The predicted octanol–water partition coefficient (Wildman–Crippen LogP) is 0.753. The van der Waals surface area contributed by atoms with Gasteiger partial charge in [-0.3, -0.25) is 14.5 Å². The third-order valence-corrected chi connectivity index (χ3v) is 5.12. The number of aryl methyl sites for hydroxylation is 1. The number of likely N-dealkylation sites (tertiary alicyclic amines) is 1. The molecule has 1 aromatic heterocycles. The molecule has 1 aliphatic rings. The Labute approximate surface area is 164 Å². The molecule has 146 valence electrons. The fraction of sp³-hybridized carbons (Fsp3) is 0.400. The maximum absolute atomic E-state index is 12.9. The van der Waals surface area contributed by atoms with Crippen molar-refractivity contribution in [2.24, 2.45) is 7.05 Å². The molecule has 1 aliphatic heterocycles. The Bertz CT molecular complexity index is 898. The van der Waals surface area contributed by atoms with Crippen LogP contribution in [-0.2, 0) is 18.4 Å². The second-order valence-electron chi connectivity index (χ2n) is 7.20. The van der Waals surface area contributed by atoms with Crippen LogP contribution >= 0.6 is 0 Å². The molecule has 0 spiro atoms. The van der Waals surface area contributed by atoms with Gasteiger partial charge < -0.3 is 14.8 Å². The van der Waals surface area contributed by atoms with Crippen LogP contribution < -0.4 is 5.32 Å². The Balaban J connectivity index is 1.58. The van der Waals surface area contributed by atoms with Crippen molar-refractivity contribution < 1.29 is 9.59 Å². The van der Waals surface area contributed by atoms with Crippen LogP contribution in [-0.4, -0.2) is 63.9 Å². The lowest BCUT2D eigenvalue weighted by molar-refractivity contribution is -0.134. The summed E-state index contributed by atoms with van der Waals surface area (Å²) in [6.45, 7) is 1.05. The molecule has 0 unspecified atom stereocenters. The van der Waals surface area contributed by atoms with E-state index in [1.165, 1.54) is 0 Å². The Morgan fingerprint density at radius 3 is 2.64 bits per heavy atom. The van der Waals surface area contributed by atoms with Crippen molar-refractivity contribution in [3.63, 3.8) is 0 Å². The minimum atomic E-state index is -0.281. The van der Waals surface area contributed by atoms with Gasteiger partial charge in [0.2, 0.25) is 5.91 Å². The molecule has 3 rings (SSSR count). The second-order valence-corrected chi connectivity index (χ2v) is 7.20. The molecule has 2 atom stereocenters. The summed E-state index contributed by atoms with van der Waals surface area (Å²) in [5.74, 6) is 0.639. The Morgan fingerprint density at radius 1 is 1.32 bits per heavy atom. The van der Waals surface area contributed by atoms with Crippen LogP contribution in [0.15, 0.2) is 36.7 Å². The molecule has 1 saturated heterocycles. The average molecular weight is 380 g/mol. The zero-order valence-corrected chi connectivity index (χ0v) is 16.3. The van der Waals surface area contributed by atoms with Crippen LogP contribution in [0.25, 0.3) is 0 Å². The fourth-order valence-electron chi connectivity index (χ4n) is 3.45. The normalized spacial score (nSPS) is 19.2. The van der Waals surface area contributed by atoms with Gasteiger partial charge in [0.25, 0.3) is 5.91 Å². The number of likely N-dealkylation sites (N-methyl/N-ethyl adjacent to an activating group) is 2. The van der Waals surface area contributed by atoms with Crippen LogP contribution in [0.4, 0.5) is 0 Å². The highest BCUT2D eigenvalue weighted by Gasteiger charge is 2.36. The maximum atomic E-state index is 12.9. The van der Waals surface area contributed by atoms with Gasteiger partial charge in [0.1, 0.15) is 5.82 Å². The van der Waals surface area contributed by atoms with Crippen LogP contribution in [0.3, 0.4) is 0 Å². The largest absolute Gasteiger partial charge is 0.348 e. The van der Waals surface area contributed by atoms with E-state index in [0.717, 1.165) is 5.82 Å². The van der Waals surface area contributed by atoms with Gasteiger partial charge in [-0.2, -0.15) is 5.26 Å². The lowest BCUT2D eigenvalue weighted by atomic mass is 10.1. The van der Waals surface area contributed by atoms with Crippen molar-refractivity contribution in [3.05, 3.63) is 53.6 Å². The summed E-state index contributed by atoms with van der Waals surface area (Å²) in [6.07, 6.45) is 4.12. The van der Waals surface area contributed by atoms with Crippen LogP contribution in [0.2, 0.25) is 0 Å². The van der Waals surface area contributed by atoms with Gasteiger partial charge in [-0.25, -0.2) is 4.98 Å². The summed E-state index contributed by atoms with van der Waals surface area (Å²) in [5, 5.41) is 11.8. The zero-order valence-electron chi connectivity index (χ0n) is 16.3. The van der Waals surface area contributed by atoms with E-state index in [4.69, 9.17) is 5.26 Å². The van der Waals surface area contributed by atoms with Crippen molar-refractivity contribution in [3.8, 4) is 6.07 Å². The fourth-order valence-corrected chi connectivity index (χ4v) is 3.45.